The Labute approximate surface area is 147 Å². The number of para-hydroxylation sites is 1. The van der Waals surface area contributed by atoms with Gasteiger partial charge >= 0.3 is 0 Å². The molecule has 0 aromatic heterocycles. The molecule has 2 amide bonds. The molecular weight excluding hydrogens is 330 g/mol. The van der Waals surface area contributed by atoms with Crippen LogP contribution >= 0.6 is 12.4 Å². The summed E-state index contributed by atoms with van der Waals surface area (Å²) in [5.41, 5.74) is 1.05. The lowest BCUT2D eigenvalue weighted by Gasteiger charge is -2.30. The number of ether oxygens (including phenoxy) is 1. The molecule has 0 radical (unpaired) electrons. The van der Waals surface area contributed by atoms with Gasteiger partial charge in [0, 0.05) is 18.1 Å². The van der Waals surface area contributed by atoms with Gasteiger partial charge in [-0.05, 0) is 44.7 Å². The van der Waals surface area contributed by atoms with Gasteiger partial charge in [-0.3, -0.25) is 9.59 Å². The first-order valence-electron chi connectivity index (χ1n) is 8.27. The fourth-order valence-electron chi connectivity index (χ4n) is 3.84. The number of fused-ring (bicyclic) bond motifs is 3. The molecule has 3 heterocycles. The van der Waals surface area contributed by atoms with E-state index >= 15 is 0 Å². The number of amides is 2. The van der Waals surface area contributed by atoms with Gasteiger partial charge in [0.1, 0.15) is 0 Å². The van der Waals surface area contributed by atoms with Crippen LogP contribution < -0.4 is 20.7 Å². The van der Waals surface area contributed by atoms with E-state index in [1.807, 2.05) is 0 Å². The normalized spacial score (nSPS) is 30.5. The van der Waals surface area contributed by atoms with E-state index in [1.165, 1.54) is 12.8 Å². The highest BCUT2D eigenvalue weighted by atomic mass is 35.5. The van der Waals surface area contributed by atoms with Gasteiger partial charge in [0.15, 0.2) is 11.9 Å². The van der Waals surface area contributed by atoms with Crippen molar-refractivity contribution in [3.05, 3.63) is 23.8 Å². The summed E-state index contributed by atoms with van der Waals surface area (Å²) in [5.74, 6) is 0.149. The highest BCUT2D eigenvalue weighted by Crippen LogP contribution is 2.34. The molecule has 3 unspecified atom stereocenters. The Kier molecular flexibility index (Phi) is 4.69. The number of hydrogen-bond acceptors (Lipinski definition) is 4. The average molecular weight is 352 g/mol. The van der Waals surface area contributed by atoms with E-state index in [4.69, 9.17) is 4.74 Å². The second-order valence-corrected chi connectivity index (χ2v) is 6.71. The molecule has 2 saturated heterocycles. The molecule has 4 rings (SSSR count). The predicted molar refractivity (Wildman–Crippen MR) is 92.8 cm³/mol. The smallest absolute Gasteiger partial charge is 0.265 e. The first kappa shape index (κ1) is 17.0. The van der Waals surface area contributed by atoms with Crippen LogP contribution in [0.1, 0.15) is 43.0 Å². The zero-order valence-corrected chi connectivity index (χ0v) is 14.3. The van der Waals surface area contributed by atoms with E-state index in [9.17, 15) is 9.59 Å². The van der Waals surface area contributed by atoms with Crippen LogP contribution in [0.5, 0.6) is 5.75 Å². The summed E-state index contributed by atoms with van der Waals surface area (Å²) in [5, 5.41) is 9.49. The molecule has 3 aliphatic heterocycles. The molecular formula is C17H22ClN3O3. The molecule has 3 aliphatic rings. The van der Waals surface area contributed by atoms with Gasteiger partial charge in [-0.25, -0.2) is 0 Å². The Morgan fingerprint density at radius 3 is 2.67 bits per heavy atom. The largest absolute Gasteiger partial charge is 0.478 e. The first-order chi connectivity index (χ1) is 11.1. The van der Waals surface area contributed by atoms with Crippen LogP contribution in [0.3, 0.4) is 0 Å². The van der Waals surface area contributed by atoms with Crippen molar-refractivity contribution in [1.82, 2.24) is 10.6 Å². The van der Waals surface area contributed by atoms with E-state index in [2.05, 4.69) is 16.0 Å². The molecule has 7 heteroatoms. The van der Waals surface area contributed by atoms with E-state index < -0.39 is 6.10 Å². The minimum absolute atomic E-state index is 0. The number of rotatable bonds is 2. The lowest BCUT2D eigenvalue weighted by Crippen LogP contribution is -2.48. The average Bonchev–Trinajstić information content (AvgIpc) is 2.86. The van der Waals surface area contributed by atoms with Gasteiger partial charge in [-0.15, -0.1) is 12.4 Å². The molecule has 0 saturated carbocycles. The zero-order chi connectivity index (χ0) is 16.0. The van der Waals surface area contributed by atoms with E-state index in [1.54, 1.807) is 25.1 Å². The van der Waals surface area contributed by atoms with Crippen molar-refractivity contribution in [2.45, 2.75) is 56.8 Å². The maximum absolute atomic E-state index is 12.7. The Balaban J connectivity index is 0.00000169. The van der Waals surface area contributed by atoms with Gasteiger partial charge in [0.2, 0.25) is 0 Å². The molecule has 6 nitrogen and oxygen atoms in total. The maximum atomic E-state index is 12.7. The number of hydrogen-bond donors (Lipinski definition) is 3. The summed E-state index contributed by atoms with van der Waals surface area (Å²) in [6.45, 7) is 1.68. The lowest BCUT2D eigenvalue weighted by atomic mass is 9.99. The molecule has 0 aliphatic carbocycles. The second kappa shape index (κ2) is 6.61. The molecule has 1 aromatic carbocycles. The van der Waals surface area contributed by atoms with Gasteiger partial charge in [-0.2, -0.15) is 0 Å². The molecule has 2 fully saturated rings. The molecule has 0 spiro atoms. The molecule has 24 heavy (non-hydrogen) atoms. The molecule has 3 atom stereocenters. The number of anilines is 1. The number of carbonyl (C=O) groups is 2. The van der Waals surface area contributed by atoms with Crippen molar-refractivity contribution in [2.24, 2.45) is 0 Å². The second-order valence-electron chi connectivity index (χ2n) is 6.71. The Morgan fingerprint density at radius 1 is 1.25 bits per heavy atom. The van der Waals surface area contributed by atoms with Crippen LogP contribution in [0.4, 0.5) is 5.69 Å². The fraction of sp³-hybridized carbons (Fsp3) is 0.529. The number of benzene rings is 1. The molecule has 130 valence electrons. The highest BCUT2D eigenvalue weighted by molar-refractivity contribution is 6.04. The molecule has 2 bridgehead atoms. The Hall–Kier alpha value is -1.79. The quantitative estimate of drug-likeness (QED) is 0.759. The van der Waals surface area contributed by atoms with E-state index in [0.29, 0.717) is 29.1 Å². The summed E-state index contributed by atoms with van der Waals surface area (Å²) >= 11 is 0. The minimum atomic E-state index is -0.592. The highest BCUT2D eigenvalue weighted by Gasteiger charge is 2.35. The summed E-state index contributed by atoms with van der Waals surface area (Å²) in [7, 11) is 0. The van der Waals surface area contributed by atoms with Crippen LogP contribution in [-0.2, 0) is 4.79 Å². The Morgan fingerprint density at radius 2 is 1.96 bits per heavy atom. The molecule has 3 N–H and O–H groups in total. The summed E-state index contributed by atoms with van der Waals surface area (Å²) in [6, 6.07) is 6.51. The molecule has 1 aromatic rings. The third kappa shape index (κ3) is 3.08. The van der Waals surface area contributed by atoms with Gasteiger partial charge in [0.25, 0.3) is 11.8 Å². The van der Waals surface area contributed by atoms with Crippen molar-refractivity contribution >= 4 is 29.9 Å². The van der Waals surface area contributed by atoms with Crippen LogP contribution in [0.15, 0.2) is 18.2 Å². The number of halogens is 1. The van der Waals surface area contributed by atoms with Crippen molar-refractivity contribution in [3.8, 4) is 5.75 Å². The van der Waals surface area contributed by atoms with Gasteiger partial charge < -0.3 is 20.7 Å². The van der Waals surface area contributed by atoms with Crippen LogP contribution in [0, 0.1) is 0 Å². The number of piperidine rings is 1. The van der Waals surface area contributed by atoms with Gasteiger partial charge in [-0.1, -0.05) is 6.07 Å². The first-order valence-corrected chi connectivity index (χ1v) is 8.27. The van der Waals surface area contributed by atoms with Crippen LogP contribution in [0.2, 0.25) is 0 Å². The van der Waals surface area contributed by atoms with Crippen molar-refractivity contribution in [2.75, 3.05) is 5.32 Å². The zero-order valence-electron chi connectivity index (χ0n) is 13.5. The van der Waals surface area contributed by atoms with E-state index in [0.717, 1.165) is 12.8 Å². The van der Waals surface area contributed by atoms with Crippen molar-refractivity contribution in [1.29, 1.82) is 0 Å². The number of nitrogens with one attached hydrogen (secondary N) is 3. The van der Waals surface area contributed by atoms with Crippen molar-refractivity contribution in [3.63, 3.8) is 0 Å². The minimum Gasteiger partial charge on any atom is -0.478 e. The summed E-state index contributed by atoms with van der Waals surface area (Å²) in [4.78, 5) is 24.4. The van der Waals surface area contributed by atoms with E-state index in [-0.39, 0.29) is 30.3 Å². The summed E-state index contributed by atoms with van der Waals surface area (Å²) in [6.07, 6.45) is 3.76. The predicted octanol–water partition coefficient (Wildman–Crippen LogP) is 1.84. The maximum Gasteiger partial charge on any atom is 0.265 e. The summed E-state index contributed by atoms with van der Waals surface area (Å²) < 4.78 is 5.65. The van der Waals surface area contributed by atoms with Crippen LogP contribution in [-0.4, -0.2) is 36.0 Å². The topological polar surface area (TPSA) is 79.5 Å². The van der Waals surface area contributed by atoms with Crippen LogP contribution in [0.25, 0.3) is 0 Å². The SMILES string of the molecule is CC1Oc2c(cccc2C(=O)NC2CC3CCC(C2)N3)NC1=O.Cl. The monoisotopic (exact) mass is 351 g/mol. The van der Waals surface area contributed by atoms with Gasteiger partial charge in [0.05, 0.1) is 11.3 Å². The lowest BCUT2D eigenvalue weighted by molar-refractivity contribution is -0.122. The van der Waals surface area contributed by atoms with Crippen molar-refractivity contribution < 1.29 is 14.3 Å². The third-order valence-corrected chi connectivity index (χ3v) is 4.99. The standard InChI is InChI=1S/C17H21N3O3.ClH/c1-9-16(21)20-14-4-2-3-13(15(14)23-9)17(22)19-12-7-10-5-6-11(8-12)18-10;/h2-4,9-12,18H,5-8H2,1H3,(H,19,22)(H,20,21);1H. The Bertz CT molecular complexity index is 654. The fourth-order valence-corrected chi connectivity index (χ4v) is 3.84. The number of carbonyl (C=O) groups excluding carboxylic acids is 2. The third-order valence-electron chi connectivity index (χ3n) is 4.99.